The molecule has 0 bridgehead atoms. The number of hydrogen-bond acceptors (Lipinski definition) is 2. The third kappa shape index (κ3) is 3.51. The molecule has 1 N–H and O–H groups in total. The zero-order valence-electron chi connectivity index (χ0n) is 8.83. The van der Waals surface area contributed by atoms with Gasteiger partial charge in [-0.3, -0.25) is 0 Å². The predicted molar refractivity (Wildman–Crippen MR) is 60.1 cm³/mol. The number of thioether (sulfide) groups is 1. The maximum atomic E-state index is 9.97. The van der Waals surface area contributed by atoms with Crippen LogP contribution in [0.25, 0.3) is 0 Å². The fourth-order valence-corrected chi connectivity index (χ4v) is 3.34. The Bertz CT molecular complexity index is 128. The molecule has 0 spiro atoms. The van der Waals surface area contributed by atoms with Gasteiger partial charge in [0.05, 0.1) is 6.10 Å². The second-order valence-electron chi connectivity index (χ2n) is 4.11. The van der Waals surface area contributed by atoms with Gasteiger partial charge in [-0.2, -0.15) is 11.8 Å². The molecule has 78 valence electrons. The van der Waals surface area contributed by atoms with Crippen molar-refractivity contribution in [3.63, 3.8) is 0 Å². The molecule has 2 unspecified atom stereocenters. The van der Waals surface area contributed by atoms with Crippen LogP contribution >= 0.6 is 11.8 Å². The largest absolute Gasteiger partial charge is 0.393 e. The van der Waals surface area contributed by atoms with E-state index in [9.17, 15) is 5.11 Å². The van der Waals surface area contributed by atoms with E-state index in [4.69, 9.17) is 0 Å². The van der Waals surface area contributed by atoms with Gasteiger partial charge in [0.15, 0.2) is 0 Å². The minimum Gasteiger partial charge on any atom is -0.393 e. The molecule has 1 aliphatic rings. The zero-order valence-corrected chi connectivity index (χ0v) is 9.65. The molecule has 0 amide bonds. The second-order valence-corrected chi connectivity index (χ2v) is 5.26. The summed E-state index contributed by atoms with van der Waals surface area (Å²) < 4.78 is 0. The van der Waals surface area contributed by atoms with Crippen molar-refractivity contribution in [3.8, 4) is 0 Å². The first-order valence-electron chi connectivity index (χ1n) is 5.53. The van der Waals surface area contributed by atoms with Crippen LogP contribution in [0.3, 0.4) is 0 Å². The summed E-state index contributed by atoms with van der Waals surface area (Å²) in [6.45, 7) is 4.45. The molecular formula is C11H22OS. The first-order chi connectivity index (χ1) is 6.27. The fourth-order valence-electron chi connectivity index (χ4n) is 2.01. The molecule has 0 aliphatic carbocycles. The quantitative estimate of drug-likeness (QED) is 0.739. The van der Waals surface area contributed by atoms with Crippen LogP contribution in [0.15, 0.2) is 0 Å². The Morgan fingerprint density at radius 1 is 1.38 bits per heavy atom. The van der Waals surface area contributed by atoms with E-state index in [0.29, 0.717) is 5.92 Å². The fraction of sp³-hybridized carbons (Fsp3) is 1.00. The average Bonchev–Trinajstić information content (AvgIpc) is 2.66. The molecule has 0 aromatic carbocycles. The molecular weight excluding hydrogens is 180 g/mol. The lowest BCUT2D eigenvalue weighted by Crippen LogP contribution is -2.23. The molecule has 1 rings (SSSR count). The first-order valence-corrected chi connectivity index (χ1v) is 6.69. The Morgan fingerprint density at radius 3 is 2.54 bits per heavy atom. The van der Waals surface area contributed by atoms with Gasteiger partial charge in [-0.25, -0.2) is 0 Å². The van der Waals surface area contributed by atoms with Gasteiger partial charge in [-0.15, -0.1) is 0 Å². The minimum absolute atomic E-state index is 0.0279. The summed E-state index contributed by atoms with van der Waals surface area (Å²) in [5, 5.41) is 9.97. The Hall–Kier alpha value is 0.310. The van der Waals surface area contributed by atoms with Crippen LogP contribution < -0.4 is 0 Å². The summed E-state index contributed by atoms with van der Waals surface area (Å²) in [7, 11) is 0. The smallest absolute Gasteiger partial charge is 0.0579 e. The van der Waals surface area contributed by atoms with E-state index >= 15 is 0 Å². The highest BCUT2D eigenvalue weighted by Crippen LogP contribution is 2.29. The van der Waals surface area contributed by atoms with Crippen molar-refractivity contribution in [2.45, 2.75) is 45.6 Å². The monoisotopic (exact) mass is 202 g/mol. The van der Waals surface area contributed by atoms with E-state index in [-0.39, 0.29) is 6.10 Å². The van der Waals surface area contributed by atoms with Crippen molar-refractivity contribution in [1.82, 2.24) is 0 Å². The molecule has 13 heavy (non-hydrogen) atoms. The van der Waals surface area contributed by atoms with Crippen LogP contribution in [0.5, 0.6) is 0 Å². The highest BCUT2D eigenvalue weighted by atomic mass is 32.2. The number of hydrogen-bond donors (Lipinski definition) is 1. The van der Waals surface area contributed by atoms with E-state index in [1.165, 1.54) is 30.8 Å². The molecule has 2 atom stereocenters. The van der Waals surface area contributed by atoms with E-state index in [1.54, 1.807) is 0 Å². The molecule has 1 fully saturated rings. The van der Waals surface area contributed by atoms with E-state index < -0.39 is 0 Å². The van der Waals surface area contributed by atoms with Crippen molar-refractivity contribution in [2.75, 3.05) is 11.5 Å². The van der Waals surface area contributed by atoms with Gasteiger partial charge in [0.2, 0.25) is 0 Å². The van der Waals surface area contributed by atoms with Gasteiger partial charge in [0.25, 0.3) is 0 Å². The third-order valence-corrected chi connectivity index (χ3v) is 4.43. The van der Waals surface area contributed by atoms with Crippen molar-refractivity contribution >= 4 is 11.8 Å². The van der Waals surface area contributed by atoms with Crippen molar-refractivity contribution in [2.24, 2.45) is 11.8 Å². The standard InChI is InChI=1S/C11H22OS/c1-3-9(4-2)7-11(12)10-5-6-13-8-10/h9-12H,3-8H2,1-2H3. The molecule has 0 aromatic heterocycles. The Labute approximate surface area is 86.3 Å². The van der Waals surface area contributed by atoms with Crippen molar-refractivity contribution < 1.29 is 5.11 Å². The van der Waals surface area contributed by atoms with Gasteiger partial charge in [0, 0.05) is 0 Å². The summed E-state index contributed by atoms with van der Waals surface area (Å²) in [6.07, 6.45) is 4.66. The van der Waals surface area contributed by atoms with E-state index in [0.717, 1.165) is 12.3 Å². The van der Waals surface area contributed by atoms with Gasteiger partial charge in [0.1, 0.15) is 0 Å². The van der Waals surface area contributed by atoms with E-state index in [2.05, 4.69) is 13.8 Å². The molecule has 0 saturated carbocycles. The molecule has 1 heterocycles. The minimum atomic E-state index is -0.0279. The first kappa shape index (κ1) is 11.4. The number of aliphatic hydroxyl groups excluding tert-OH is 1. The summed E-state index contributed by atoms with van der Waals surface area (Å²) in [5.41, 5.74) is 0. The van der Waals surface area contributed by atoms with Crippen molar-refractivity contribution in [3.05, 3.63) is 0 Å². The molecule has 1 nitrogen and oxygen atoms in total. The van der Waals surface area contributed by atoms with Crippen LogP contribution in [-0.4, -0.2) is 22.7 Å². The lowest BCUT2D eigenvalue weighted by Gasteiger charge is -2.21. The average molecular weight is 202 g/mol. The molecule has 2 heteroatoms. The topological polar surface area (TPSA) is 20.2 Å². The lowest BCUT2D eigenvalue weighted by atomic mass is 9.89. The maximum absolute atomic E-state index is 9.97. The van der Waals surface area contributed by atoms with Gasteiger partial charge in [-0.1, -0.05) is 26.7 Å². The molecule has 1 aliphatic heterocycles. The second kappa shape index (κ2) is 5.92. The van der Waals surface area contributed by atoms with Crippen molar-refractivity contribution in [1.29, 1.82) is 0 Å². The maximum Gasteiger partial charge on any atom is 0.0579 e. The Balaban J connectivity index is 2.25. The molecule has 1 saturated heterocycles. The number of rotatable bonds is 5. The Kier molecular flexibility index (Phi) is 5.18. The van der Waals surface area contributed by atoms with Gasteiger partial charge in [-0.05, 0) is 36.2 Å². The predicted octanol–water partition coefficient (Wildman–Crippen LogP) is 2.93. The highest BCUT2D eigenvalue weighted by Gasteiger charge is 2.24. The highest BCUT2D eigenvalue weighted by molar-refractivity contribution is 7.99. The normalized spacial score (nSPS) is 25.4. The summed E-state index contributed by atoms with van der Waals surface area (Å²) in [4.78, 5) is 0. The van der Waals surface area contributed by atoms with E-state index in [1.807, 2.05) is 11.8 Å². The van der Waals surface area contributed by atoms with Crippen LogP contribution in [0.1, 0.15) is 39.5 Å². The van der Waals surface area contributed by atoms with Crippen LogP contribution in [-0.2, 0) is 0 Å². The third-order valence-electron chi connectivity index (χ3n) is 3.24. The summed E-state index contributed by atoms with van der Waals surface area (Å²) >= 11 is 1.99. The summed E-state index contributed by atoms with van der Waals surface area (Å²) in [5.74, 6) is 3.76. The van der Waals surface area contributed by atoms with Crippen LogP contribution in [0.4, 0.5) is 0 Å². The summed E-state index contributed by atoms with van der Waals surface area (Å²) in [6, 6.07) is 0. The zero-order chi connectivity index (χ0) is 9.68. The van der Waals surface area contributed by atoms with Crippen LogP contribution in [0, 0.1) is 11.8 Å². The Morgan fingerprint density at radius 2 is 2.08 bits per heavy atom. The number of aliphatic hydroxyl groups is 1. The SMILES string of the molecule is CCC(CC)CC(O)C1CCSC1. The van der Waals surface area contributed by atoms with Gasteiger partial charge < -0.3 is 5.11 Å². The molecule has 0 aromatic rings. The molecule has 0 radical (unpaired) electrons. The van der Waals surface area contributed by atoms with Gasteiger partial charge >= 0.3 is 0 Å². The lowest BCUT2D eigenvalue weighted by molar-refractivity contribution is 0.0907. The van der Waals surface area contributed by atoms with Crippen LogP contribution in [0.2, 0.25) is 0 Å².